The van der Waals surface area contributed by atoms with Crippen LogP contribution in [0.5, 0.6) is 0 Å². The van der Waals surface area contributed by atoms with E-state index in [1.54, 1.807) is 0 Å². The number of hydrogen-bond acceptors (Lipinski definition) is 2. The number of rotatable bonds is 1. The van der Waals surface area contributed by atoms with Gasteiger partial charge >= 0.3 is 0 Å². The molecule has 0 amide bonds. The predicted molar refractivity (Wildman–Crippen MR) is 118 cm³/mol. The van der Waals surface area contributed by atoms with E-state index in [1.165, 1.54) is 51.5 Å². The summed E-state index contributed by atoms with van der Waals surface area (Å²) in [5.74, 6) is 0. The van der Waals surface area contributed by atoms with Gasteiger partial charge in [-0.15, -0.1) is 22.7 Å². The van der Waals surface area contributed by atoms with Crippen LogP contribution >= 0.6 is 22.7 Å². The van der Waals surface area contributed by atoms with Crippen LogP contribution in [0.4, 0.5) is 0 Å². The van der Waals surface area contributed by atoms with Crippen LogP contribution in [-0.2, 0) is 0 Å². The Kier molecular flexibility index (Phi) is 3.01. The van der Waals surface area contributed by atoms with E-state index in [0.29, 0.717) is 0 Å². The standard InChI is InChI=1S/C24H14S2/c1-3-12-20-15(7-1)17-10-5-11-18(24(17)26-20)16-9-6-14-22-23(16)19-8-2-4-13-21(19)25-22/h1-14H. The lowest BCUT2D eigenvalue weighted by atomic mass is 9.98. The van der Waals surface area contributed by atoms with Gasteiger partial charge in [-0.25, -0.2) is 0 Å². The highest BCUT2D eigenvalue weighted by atomic mass is 32.1. The number of hydrogen-bond donors (Lipinski definition) is 0. The molecule has 0 aliphatic rings. The van der Waals surface area contributed by atoms with Crippen LogP contribution in [0.15, 0.2) is 84.9 Å². The normalized spacial score (nSPS) is 11.8. The Hall–Kier alpha value is -2.68. The lowest BCUT2D eigenvalue weighted by Gasteiger charge is -2.06. The van der Waals surface area contributed by atoms with E-state index in [-0.39, 0.29) is 0 Å². The molecule has 0 saturated carbocycles. The summed E-state index contributed by atoms with van der Waals surface area (Å²) in [6, 6.07) is 30.9. The lowest BCUT2D eigenvalue weighted by molar-refractivity contribution is 1.76. The molecule has 2 aromatic heterocycles. The van der Waals surface area contributed by atoms with Gasteiger partial charge in [-0.1, -0.05) is 66.7 Å². The first-order valence-electron chi connectivity index (χ1n) is 8.71. The second-order valence-electron chi connectivity index (χ2n) is 6.56. The van der Waals surface area contributed by atoms with Crippen molar-refractivity contribution in [2.24, 2.45) is 0 Å². The summed E-state index contributed by atoms with van der Waals surface area (Å²) in [5.41, 5.74) is 2.69. The maximum absolute atomic E-state index is 2.28. The van der Waals surface area contributed by atoms with Crippen molar-refractivity contribution in [2.75, 3.05) is 0 Å². The van der Waals surface area contributed by atoms with Crippen LogP contribution in [-0.4, -0.2) is 0 Å². The molecule has 4 aromatic carbocycles. The lowest BCUT2D eigenvalue weighted by Crippen LogP contribution is -1.80. The smallest absolute Gasteiger partial charge is 0.0434 e. The fourth-order valence-corrected chi connectivity index (χ4v) is 6.32. The zero-order chi connectivity index (χ0) is 17.1. The average Bonchev–Trinajstić information content (AvgIpc) is 3.26. The Morgan fingerprint density at radius 2 is 1.04 bits per heavy atom. The molecule has 6 rings (SSSR count). The fraction of sp³-hybridized carbons (Fsp3) is 0. The second-order valence-corrected chi connectivity index (χ2v) is 8.69. The van der Waals surface area contributed by atoms with Gasteiger partial charge in [0.15, 0.2) is 0 Å². The van der Waals surface area contributed by atoms with Gasteiger partial charge in [-0.3, -0.25) is 0 Å². The molecule has 6 aromatic rings. The largest absolute Gasteiger partial charge is 0.135 e. The highest BCUT2D eigenvalue weighted by molar-refractivity contribution is 7.26. The molecule has 0 aliphatic heterocycles. The Morgan fingerprint density at radius 1 is 0.423 bits per heavy atom. The second kappa shape index (κ2) is 5.41. The maximum atomic E-state index is 2.28. The molecule has 2 heterocycles. The summed E-state index contributed by atoms with van der Waals surface area (Å²) in [4.78, 5) is 0. The van der Waals surface area contributed by atoms with Crippen molar-refractivity contribution in [3.05, 3.63) is 84.9 Å². The van der Waals surface area contributed by atoms with Crippen molar-refractivity contribution in [3.8, 4) is 11.1 Å². The van der Waals surface area contributed by atoms with E-state index < -0.39 is 0 Å². The topological polar surface area (TPSA) is 0 Å². The zero-order valence-electron chi connectivity index (χ0n) is 13.9. The van der Waals surface area contributed by atoms with Crippen LogP contribution < -0.4 is 0 Å². The predicted octanol–water partition coefficient (Wildman–Crippen LogP) is 8.09. The minimum Gasteiger partial charge on any atom is -0.135 e. The molecule has 0 atom stereocenters. The van der Waals surface area contributed by atoms with E-state index in [0.717, 1.165) is 0 Å². The van der Waals surface area contributed by atoms with Crippen molar-refractivity contribution in [3.63, 3.8) is 0 Å². The third-order valence-corrected chi connectivity index (χ3v) is 7.45. The molecule has 0 aliphatic carbocycles. The Balaban J connectivity index is 1.79. The third-order valence-electron chi connectivity index (χ3n) is 5.10. The molecule has 122 valence electrons. The summed E-state index contributed by atoms with van der Waals surface area (Å²) in [7, 11) is 0. The van der Waals surface area contributed by atoms with Gasteiger partial charge in [0.05, 0.1) is 0 Å². The number of benzene rings is 4. The van der Waals surface area contributed by atoms with Crippen molar-refractivity contribution in [1.82, 2.24) is 0 Å². The monoisotopic (exact) mass is 366 g/mol. The summed E-state index contributed by atoms with van der Waals surface area (Å²) in [6.45, 7) is 0. The highest BCUT2D eigenvalue weighted by Crippen LogP contribution is 2.44. The van der Waals surface area contributed by atoms with Gasteiger partial charge in [0.1, 0.15) is 0 Å². The highest BCUT2D eigenvalue weighted by Gasteiger charge is 2.14. The molecule has 0 unspecified atom stereocenters. The van der Waals surface area contributed by atoms with Crippen molar-refractivity contribution >= 4 is 63.0 Å². The zero-order valence-corrected chi connectivity index (χ0v) is 15.5. The molecule has 0 nitrogen and oxygen atoms in total. The summed E-state index contributed by atoms with van der Waals surface area (Å²) >= 11 is 3.79. The summed E-state index contributed by atoms with van der Waals surface area (Å²) < 4.78 is 5.47. The minimum absolute atomic E-state index is 1.34. The van der Waals surface area contributed by atoms with Crippen LogP contribution in [0, 0.1) is 0 Å². The van der Waals surface area contributed by atoms with Crippen LogP contribution in [0.3, 0.4) is 0 Å². The molecular weight excluding hydrogens is 352 g/mol. The first-order valence-corrected chi connectivity index (χ1v) is 10.3. The summed E-state index contributed by atoms with van der Waals surface area (Å²) in [6.07, 6.45) is 0. The summed E-state index contributed by atoms with van der Waals surface area (Å²) in [5, 5.41) is 5.47. The van der Waals surface area contributed by atoms with Crippen LogP contribution in [0.1, 0.15) is 0 Å². The first kappa shape index (κ1) is 14.5. The molecule has 0 radical (unpaired) electrons. The molecule has 26 heavy (non-hydrogen) atoms. The molecule has 2 heteroatoms. The van der Waals surface area contributed by atoms with Crippen LogP contribution in [0.2, 0.25) is 0 Å². The van der Waals surface area contributed by atoms with E-state index in [1.807, 2.05) is 22.7 Å². The van der Waals surface area contributed by atoms with Gasteiger partial charge in [-0.05, 0) is 23.8 Å². The Labute approximate surface area is 158 Å². The fourth-order valence-electron chi connectivity index (χ4n) is 3.96. The van der Waals surface area contributed by atoms with E-state index in [4.69, 9.17) is 0 Å². The molecule has 0 bridgehead atoms. The van der Waals surface area contributed by atoms with Gasteiger partial charge in [0, 0.05) is 45.9 Å². The maximum Gasteiger partial charge on any atom is 0.0434 e. The van der Waals surface area contributed by atoms with E-state index in [2.05, 4.69) is 84.9 Å². The van der Waals surface area contributed by atoms with E-state index in [9.17, 15) is 0 Å². The average molecular weight is 367 g/mol. The Morgan fingerprint density at radius 3 is 1.92 bits per heavy atom. The van der Waals surface area contributed by atoms with Gasteiger partial charge < -0.3 is 0 Å². The molecular formula is C24H14S2. The van der Waals surface area contributed by atoms with Gasteiger partial charge in [-0.2, -0.15) is 0 Å². The van der Waals surface area contributed by atoms with E-state index >= 15 is 0 Å². The minimum atomic E-state index is 1.34. The van der Waals surface area contributed by atoms with Gasteiger partial charge in [0.2, 0.25) is 0 Å². The van der Waals surface area contributed by atoms with Crippen molar-refractivity contribution in [2.45, 2.75) is 0 Å². The SMILES string of the molecule is c1ccc2c(c1)sc1c(-c3cccc4sc5ccccc5c34)cccc12. The van der Waals surface area contributed by atoms with Crippen molar-refractivity contribution < 1.29 is 0 Å². The third kappa shape index (κ3) is 1.94. The van der Waals surface area contributed by atoms with Gasteiger partial charge in [0.25, 0.3) is 0 Å². The van der Waals surface area contributed by atoms with Crippen molar-refractivity contribution in [1.29, 1.82) is 0 Å². The molecule has 0 N–H and O–H groups in total. The first-order chi connectivity index (χ1) is 12.9. The Bertz CT molecular complexity index is 1430. The molecule has 0 fully saturated rings. The van der Waals surface area contributed by atoms with Crippen LogP contribution in [0.25, 0.3) is 51.5 Å². The number of fused-ring (bicyclic) bond motifs is 6. The number of thiophene rings is 2. The molecule has 0 saturated heterocycles. The quantitative estimate of drug-likeness (QED) is 0.276. The molecule has 0 spiro atoms.